The van der Waals surface area contributed by atoms with Crippen molar-refractivity contribution in [3.8, 4) is 5.75 Å². The molecule has 0 bridgehead atoms. The quantitative estimate of drug-likeness (QED) is 0.804. The zero-order valence-electron chi connectivity index (χ0n) is 10.1. The predicted molar refractivity (Wildman–Crippen MR) is 66.3 cm³/mol. The van der Waals surface area contributed by atoms with Crippen molar-refractivity contribution in [1.29, 1.82) is 0 Å². The van der Waals surface area contributed by atoms with Crippen molar-refractivity contribution >= 4 is 17.4 Å². The number of halogens is 1. The Morgan fingerprint density at radius 2 is 2.06 bits per heavy atom. The van der Waals surface area contributed by atoms with Gasteiger partial charge in [-0.3, -0.25) is 4.79 Å². The van der Waals surface area contributed by atoms with Gasteiger partial charge in [-0.1, -0.05) is 17.7 Å². The fourth-order valence-electron chi connectivity index (χ4n) is 1.37. The van der Waals surface area contributed by atoms with E-state index in [0.717, 1.165) is 5.56 Å². The third-order valence-corrected chi connectivity index (χ3v) is 3.13. The van der Waals surface area contributed by atoms with Crippen molar-refractivity contribution in [3.63, 3.8) is 0 Å². The molecule has 1 rings (SSSR count). The summed E-state index contributed by atoms with van der Waals surface area (Å²) in [5, 5.41) is 0.550. The summed E-state index contributed by atoms with van der Waals surface area (Å²) in [6.07, 6.45) is 0. The fourth-order valence-corrected chi connectivity index (χ4v) is 1.60. The molecule has 0 spiro atoms. The molecule has 3 heteroatoms. The zero-order valence-corrected chi connectivity index (χ0v) is 10.9. The summed E-state index contributed by atoms with van der Waals surface area (Å²) < 4.78 is 5.35. The lowest BCUT2D eigenvalue weighted by Crippen LogP contribution is -2.26. The molecule has 88 valence electrons. The molecule has 2 nitrogen and oxygen atoms in total. The number of Topliss-reactive ketones (excluding diaryl/α,β-unsaturated/α-hetero) is 1. The van der Waals surface area contributed by atoms with Crippen molar-refractivity contribution in [2.24, 2.45) is 0 Å². The largest absolute Gasteiger partial charge is 0.492 e. The Hall–Kier alpha value is -1.02. The first kappa shape index (κ1) is 13.0. The average molecular weight is 241 g/mol. The summed E-state index contributed by atoms with van der Waals surface area (Å²) in [5.74, 6) is 0.778. The van der Waals surface area contributed by atoms with Gasteiger partial charge in [-0.25, -0.2) is 0 Å². The van der Waals surface area contributed by atoms with Gasteiger partial charge in [0, 0.05) is 5.41 Å². The maximum atomic E-state index is 11.5. The van der Waals surface area contributed by atoms with Crippen LogP contribution in [0.3, 0.4) is 0 Å². The third-order valence-electron chi connectivity index (χ3n) is 2.83. The molecular weight excluding hydrogens is 224 g/mol. The van der Waals surface area contributed by atoms with Crippen LogP contribution < -0.4 is 4.74 Å². The second kappa shape index (κ2) is 4.88. The van der Waals surface area contributed by atoms with E-state index in [2.05, 4.69) is 0 Å². The van der Waals surface area contributed by atoms with Crippen LogP contribution in [0.15, 0.2) is 18.2 Å². The number of benzene rings is 1. The normalized spacial score (nSPS) is 11.3. The highest BCUT2D eigenvalue weighted by Gasteiger charge is 2.26. The van der Waals surface area contributed by atoms with E-state index in [4.69, 9.17) is 16.3 Å². The van der Waals surface area contributed by atoms with Crippen LogP contribution in [-0.4, -0.2) is 12.4 Å². The van der Waals surface area contributed by atoms with Gasteiger partial charge in [0.05, 0.1) is 11.6 Å². The number of ether oxygens (including phenoxy) is 1. The topological polar surface area (TPSA) is 26.3 Å². The van der Waals surface area contributed by atoms with Crippen LogP contribution in [0.5, 0.6) is 5.75 Å². The van der Waals surface area contributed by atoms with Crippen molar-refractivity contribution in [1.82, 2.24) is 0 Å². The van der Waals surface area contributed by atoms with Gasteiger partial charge < -0.3 is 4.74 Å². The number of carbonyl (C=O) groups excluding carboxylic acids is 1. The molecule has 0 radical (unpaired) electrons. The lowest BCUT2D eigenvalue weighted by Gasteiger charge is -2.22. The smallest absolute Gasteiger partial charge is 0.139 e. The molecule has 0 heterocycles. The third kappa shape index (κ3) is 2.56. The first-order valence-corrected chi connectivity index (χ1v) is 5.71. The average Bonchev–Trinajstić information content (AvgIpc) is 2.21. The van der Waals surface area contributed by atoms with Crippen LogP contribution in [0.2, 0.25) is 5.02 Å². The van der Waals surface area contributed by atoms with Crippen molar-refractivity contribution in [2.45, 2.75) is 33.1 Å². The summed E-state index contributed by atoms with van der Waals surface area (Å²) in [5.41, 5.74) is 0.405. The van der Waals surface area contributed by atoms with E-state index in [1.165, 1.54) is 0 Å². The van der Waals surface area contributed by atoms with Gasteiger partial charge in [-0.2, -0.15) is 0 Å². The molecule has 0 aromatic heterocycles. The van der Waals surface area contributed by atoms with E-state index in [1.54, 1.807) is 13.0 Å². The number of ketones is 1. The Balaban J connectivity index is 3.10. The minimum atomic E-state index is -0.506. The molecule has 16 heavy (non-hydrogen) atoms. The van der Waals surface area contributed by atoms with Crippen LogP contribution in [-0.2, 0) is 10.2 Å². The molecule has 1 aromatic carbocycles. The number of carbonyl (C=O) groups is 1. The summed E-state index contributed by atoms with van der Waals surface area (Å²) in [6.45, 7) is 7.85. The predicted octanol–water partition coefficient (Wildman–Crippen LogP) is 3.61. The Labute approximate surface area is 102 Å². The second-order valence-corrected chi connectivity index (χ2v) is 4.67. The highest BCUT2D eigenvalue weighted by atomic mass is 35.5. The first-order valence-electron chi connectivity index (χ1n) is 5.33. The highest BCUT2D eigenvalue weighted by Crippen LogP contribution is 2.31. The molecule has 1 aromatic rings. The van der Waals surface area contributed by atoms with Crippen LogP contribution in [0.4, 0.5) is 0 Å². The molecule has 0 N–H and O–H groups in total. The molecule has 0 aliphatic carbocycles. The summed E-state index contributed by atoms with van der Waals surface area (Å²) in [4.78, 5) is 11.5. The molecule has 0 amide bonds. The molecule has 0 aliphatic heterocycles. The monoisotopic (exact) mass is 240 g/mol. The number of rotatable bonds is 4. The fraction of sp³-hybridized carbons (Fsp3) is 0.462. The van der Waals surface area contributed by atoms with Gasteiger partial charge in [0.2, 0.25) is 0 Å². The molecule has 0 unspecified atom stereocenters. The molecule has 0 aliphatic rings. The van der Waals surface area contributed by atoms with Crippen LogP contribution in [0, 0.1) is 0 Å². The molecule has 0 fully saturated rings. The molecular formula is C13H17ClO2. The van der Waals surface area contributed by atoms with Gasteiger partial charge in [-0.15, -0.1) is 0 Å². The molecule has 0 saturated carbocycles. The van der Waals surface area contributed by atoms with Gasteiger partial charge in [0.1, 0.15) is 11.5 Å². The lowest BCUT2D eigenvalue weighted by molar-refractivity contribution is -0.121. The van der Waals surface area contributed by atoms with Gasteiger partial charge in [0.25, 0.3) is 0 Å². The summed E-state index contributed by atoms with van der Waals surface area (Å²) in [6, 6.07) is 5.50. The Morgan fingerprint density at radius 3 is 2.50 bits per heavy atom. The Morgan fingerprint density at radius 1 is 1.44 bits per heavy atom. The Kier molecular flexibility index (Phi) is 3.98. The summed E-state index contributed by atoms with van der Waals surface area (Å²) in [7, 11) is 0. The second-order valence-electron chi connectivity index (χ2n) is 4.26. The maximum Gasteiger partial charge on any atom is 0.139 e. The highest BCUT2D eigenvalue weighted by molar-refractivity contribution is 6.32. The zero-order chi connectivity index (χ0) is 12.3. The van der Waals surface area contributed by atoms with Crippen molar-refractivity contribution in [3.05, 3.63) is 28.8 Å². The summed E-state index contributed by atoms with van der Waals surface area (Å²) >= 11 is 6.08. The molecule has 0 saturated heterocycles. The van der Waals surface area contributed by atoms with Crippen molar-refractivity contribution < 1.29 is 9.53 Å². The molecule has 0 atom stereocenters. The van der Waals surface area contributed by atoms with E-state index in [1.807, 2.05) is 32.9 Å². The van der Waals surface area contributed by atoms with Crippen LogP contribution in [0.1, 0.15) is 33.3 Å². The standard InChI is InChI=1S/C13H17ClO2/c1-5-16-12-7-6-10(8-11(12)14)13(3,4)9(2)15/h6-8H,5H2,1-4H3. The minimum absolute atomic E-state index is 0.118. The SMILES string of the molecule is CCOc1ccc(C(C)(C)C(C)=O)cc1Cl. The van der Waals surface area contributed by atoms with Crippen LogP contribution in [0.25, 0.3) is 0 Å². The van der Waals surface area contributed by atoms with E-state index < -0.39 is 5.41 Å². The van der Waals surface area contributed by atoms with Gasteiger partial charge >= 0.3 is 0 Å². The number of hydrogen-bond acceptors (Lipinski definition) is 2. The van der Waals surface area contributed by atoms with E-state index in [9.17, 15) is 4.79 Å². The van der Waals surface area contributed by atoms with E-state index in [-0.39, 0.29) is 5.78 Å². The number of hydrogen-bond donors (Lipinski definition) is 0. The van der Waals surface area contributed by atoms with E-state index in [0.29, 0.717) is 17.4 Å². The lowest BCUT2D eigenvalue weighted by atomic mass is 9.81. The minimum Gasteiger partial charge on any atom is -0.492 e. The van der Waals surface area contributed by atoms with Gasteiger partial charge in [-0.05, 0) is 45.4 Å². The first-order chi connectivity index (χ1) is 7.39. The van der Waals surface area contributed by atoms with E-state index >= 15 is 0 Å². The van der Waals surface area contributed by atoms with Crippen LogP contribution >= 0.6 is 11.6 Å². The van der Waals surface area contributed by atoms with Gasteiger partial charge in [0.15, 0.2) is 0 Å². The maximum absolute atomic E-state index is 11.5. The Bertz CT molecular complexity index is 397. The van der Waals surface area contributed by atoms with Crippen molar-refractivity contribution in [2.75, 3.05) is 6.61 Å².